The molecule has 5 heteroatoms. The van der Waals surface area contributed by atoms with E-state index in [1.165, 1.54) is 12.8 Å². The third-order valence-electron chi connectivity index (χ3n) is 3.63. The van der Waals surface area contributed by atoms with Crippen LogP contribution in [-0.2, 0) is 9.53 Å². The van der Waals surface area contributed by atoms with Crippen LogP contribution in [0.4, 0.5) is 11.4 Å². The monoisotopic (exact) mass is 296 g/mol. The van der Waals surface area contributed by atoms with Gasteiger partial charge in [0.2, 0.25) is 5.91 Å². The average molecular weight is 297 g/mol. The zero-order valence-electron chi connectivity index (χ0n) is 11.7. The molecule has 1 fully saturated rings. The molecule has 1 aliphatic carbocycles. The van der Waals surface area contributed by atoms with Gasteiger partial charge in [0.25, 0.3) is 0 Å². The molecule has 0 aromatic heterocycles. The number of carbonyl (C=O) groups excluding carboxylic acids is 1. The van der Waals surface area contributed by atoms with Crippen molar-refractivity contribution >= 4 is 28.9 Å². The molecule has 1 aliphatic rings. The van der Waals surface area contributed by atoms with Gasteiger partial charge in [0.05, 0.1) is 17.5 Å². The van der Waals surface area contributed by atoms with E-state index in [1.807, 2.05) is 0 Å². The number of halogens is 1. The third kappa shape index (κ3) is 4.39. The van der Waals surface area contributed by atoms with E-state index < -0.39 is 0 Å². The van der Waals surface area contributed by atoms with Crippen molar-refractivity contribution in [3.05, 3.63) is 23.2 Å². The molecule has 2 rings (SSSR count). The van der Waals surface area contributed by atoms with Gasteiger partial charge in [-0.1, -0.05) is 31.4 Å². The van der Waals surface area contributed by atoms with E-state index in [4.69, 9.17) is 22.1 Å². The highest BCUT2D eigenvalue weighted by molar-refractivity contribution is 6.31. The standard InChI is InChI=1S/C15H21ClN2O2/c1-10-3-2-4-12(7-10)20-9-15(19)18-14-8-11(16)5-6-13(14)17/h5-6,8,10,12H,2-4,7,9,17H2,1H3,(H,18,19). The number of amides is 1. The maximum Gasteiger partial charge on any atom is 0.250 e. The highest BCUT2D eigenvalue weighted by atomic mass is 35.5. The Morgan fingerprint density at radius 2 is 2.30 bits per heavy atom. The van der Waals surface area contributed by atoms with Gasteiger partial charge in [-0.25, -0.2) is 0 Å². The van der Waals surface area contributed by atoms with Crippen molar-refractivity contribution in [2.24, 2.45) is 5.92 Å². The van der Waals surface area contributed by atoms with Crippen LogP contribution in [0.5, 0.6) is 0 Å². The number of nitrogens with one attached hydrogen (secondary N) is 1. The molecule has 4 nitrogen and oxygen atoms in total. The van der Waals surface area contributed by atoms with Gasteiger partial charge in [-0.3, -0.25) is 4.79 Å². The Balaban J connectivity index is 1.82. The number of nitrogen functional groups attached to an aromatic ring is 1. The fourth-order valence-corrected chi connectivity index (χ4v) is 2.72. The van der Waals surface area contributed by atoms with Crippen LogP contribution in [0.3, 0.4) is 0 Å². The molecule has 1 aromatic rings. The third-order valence-corrected chi connectivity index (χ3v) is 3.86. The van der Waals surface area contributed by atoms with E-state index in [0.29, 0.717) is 22.3 Å². The summed E-state index contributed by atoms with van der Waals surface area (Å²) in [5, 5.41) is 3.27. The van der Waals surface area contributed by atoms with Crippen LogP contribution < -0.4 is 11.1 Å². The molecule has 2 unspecified atom stereocenters. The number of hydrogen-bond donors (Lipinski definition) is 2. The van der Waals surface area contributed by atoms with Crippen molar-refractivity contribution in [1.82, 2.24) is 0 Å². The summed E-state index contributed by atoms with van der Waals surface area (Å²) in [6.07, 6.45) is 4.70. The van der Waals surface area contributed by atoms with Crippen molar-refractivity contribution in [2.75, 3.05) is 17.7 Å². The lowest BCUT2D eigenvalue weighted by Gasteiger charge is -2.26. The Labute approximate surface area is 124 Å². The number of anilines is 2. The Kier molecular flexibility index (Phi) is 5.26. The minimum atomic E-state index is -0.197. The maximum absolute atomic E-state index is 11.9. The maximum atomic E-state index is 11.9. The summed E-state index contributed by atoms with van der Waals surface area (Å²) in [5.41, 5.74) is 6.81. The van der Waals surface area contributed by atoms with Crippen LogP contribution in [0.2, 0.25) is 5.02 Å². The van der Waals surface area contributed by atoms with Gasteiger partial charge in [-0.15, -0.1) is 0 Å². The van der Waals surface area contributed by atoms with Crippen LogP contribution in [0, 0.1) is 5.92 Å². The molecule has 3 N–H and O–H groups in total. The molecular weight excluding hydrogens is 276 g/mol. The summed E-state index contributed by atoms with van der Waals surface area (Å²) in [6, 6.07) is 4.99. The number of hydrogen-bond acceptors (Lipinski definition) is 3. The number of nitrogens with two attached hydrogens (primary N) is 1. The lowest BCUT2D eigenvalue weighted by Crippen LogP contribution is -2.27. The second kappa shape index (κ2) is 6.95. The van der Waals surface area contributed by atoms with Crippen LogP contribution >= 0.6 is 11.6 Å². The SMILES string of the molecule is CC1CCCC(OCC(=O)Nc2cc(Cl)ccc2N)C1. The summed E-state index contributed by atoms with van der Waals surface area (Å²) < 4.78 is 5.67. The van der Waals surface area contributed by atoms with Crippen LogP contribution in [0.25, 0.3) is 0 Å². The van der Waals surface area contributed by atoms with E-state index in [2.05, 4.69) is 12.2 Å². The largest absolute Gasteiger partial charge is 0.397 e. The van der Waals surface area contributed by atoms with E-state index in [0.717, 1.165) is 12.8 Å². The number of carbonyl (C=O) groups is 1. The molecule has 2 atom stereocenters. The van der Waals surface area contributed by atoms with Crippen molar-refractivity contribution in [1.29, 1.82) is 0 Å². The smallest absolute Gasteiger partial charge is 0.250 e. The van der Waals surface area contributed by atoms with Crippen LogP contribution in [0.15, 0.2) is 18.2 Å². The minimum absolute atomic E-state index is 0.0589. The molecule has 0 heterocycles. The molecule has 110 valence electrons. The predicted octanol–water partition coefficient (Wildman–Crippen LogP) is 3.46. The Morgan fingerprint density at radius 1 is 1.50 bits per heavy atom. The van der Waals surface area contributed by atoms with E-state index in [-0.39, 0.29) is 18.6 Å². The van der Waals surface area contributed by atoms with Crippen molar-refractivity contribution < 1.29 is 9.53 Å². The number of rotatable bonds is 4. The molecule has 1 amide bonds. The van der Waals surface area contributed by atoms with Crippen molar-refractivity contribution in [3.8, 4) is 0 Å². The summed E-state index contributed by atoms with van der Waals surface area (Å²) in [6.45, 7) is 2.28. The topological polar surface area (TPSA) is 64.3 Å². The van der Waals surface area contributed by atoms with E-state index >= 15 is 0 Å². The lowest BCUT2D eigenvalue weighted by atomic mass is 9.89. The first-order valence-corrected chi connectivity index (χ1v) is 7.39. The zero-order valence-corrected chi connectivity index (χ0v) is 12.5. The Hall–Kier alpha value is -1.26. The molecule has 0 saturated heterocycles. The molecule has 0 aliphatic heterocycles. The minimum Gasteiger partial charge on any atom is -0.397 e. The van der Waals surface area contributed by atoms with Crippen LogP contribution in [0.1, 0.15) is 32.6 Å². The molecule has 1 saturated carbocycles. The fraction of sp³-hybridized carbons (Fsp3) is 0.533. The van der Waals surface area contributed by atoms with Gasteiger partial charge in [-0.2, -0.15) is 0 Å². The first kappa shape index (κ1) is 15.1. The van der Waals surface area contributed by atoms with Gasteiger partial charge < -0.3 is 15.8 Å². The fourth-order valence-electron chi connectivity index (χ4n) is 2.55. The Bertz CT molecular complexity index is 479. The van der Waals surface area contributed by atoms with Gasteiger partial charge >= 0.3 is 0 Å². The van der Waals surface area contributed by atoms with Crippen molar-refractivity contribution in [2.45, 2.75) is 38.7 Å². The van der Waals surface area contributed by atoms with Crippen LogP contribution in [-0.4, -0.2) is 18.6 Å². The van der Waals surface area contributed by atoms with Gasteiger partial charge in [0, 0.05) is 5.02 Å². The zero-order chi connectivity index (χ0) is 14.5. The first-order chi connectivity index (χ1) is 9.54. The second-order valence-electron chi connectivity index (χ2n) is 5.48. The van der Waals surface area contributed by atoms with Crippen molar-refractivity contribution in [3.63, 3.8) is 0 Å². The predicted molar refractivity (Wildman–Crippen MR) is 81.9 cm³/mol. The summed E-state index contributed by atoms with van der Waals surface area (Å²) in [4.78, 5) is 11.9. The second-order valence-corrected chi connectivity index (χ2v) is 5.92. The summed E-state index contributed by atoms with van der Waals surface area (Å²) in [5.74, 6) is 0.484. The van der Waals surface area contributed by atoms with Gasteiger partial charge in [0.15, 0.2) is 0 Å². The highest BCUT2D eigenvalue weighted by Gasteiger charge is 2.20. The molecule has 1 aromatic carbocycles. The molecule has 0 spiro atoms. The first-order valence-electron chi connectivity index (χ1n) is 7.01. The van der Waals surface area contributed by atoms with E-state index in [9.17, 15) is 4.79 Å². The quantitative estimate of drug-likeness (QED) is 0.836. The Morgan fingerprint density at radius 3 is 3.05 bits per heavy atom. The number of benzene rings is 1. The van der Waals surface area contributed by atoms with E-state index in [1.54, 1.807) is 18.2 Å². The summed E-state index contributed by atoms with van der Waals surface area (Å²) in [7, 11) is 0. The molecule has 0 radical (unpaired) electrons. The molecule has 0 bridgehead atoms. The van der Waals surface area contributed by atoms with Gasteiger partial charge in [0.1, 0.15) is 6.61 Å². The lowest BCUT2D eigenvalue weighted by molar-refractivity contribution is -0.123. The molecular formula is C15H21ClN2O2. The normalized spacial score (nSPS) is 22.5. The summed E-state index contributed by atoms with van der Waals surface area (Å²) >= 11 is 5.88. The number of ether oxygens (including phenoxy) is 1. The molecule has 20 heavy (non-hydrogen) atoms. The van der Waals surface area contributed by atoms with Gasteiger partial charge in [-0.05, 0) is 37.0 Å². The highest BCUT2D eigenvalue weighted by Crippen LogP contribution is 2.26. The average Bonchev–Trinajstić information content (AvgIpc) is 2.41.